The first-order valence-corrected chi connectivity index (χ1v) is 5.63. The summed E-state index contributed by atoms with van der Waals surface area (Å²) in [5.74, 6) is 1.54. The highest BCUT2D eigenvalue weighted by Crippen LogP contribution is 2.34. The van der Waals surface area contributed by atoms with Crippen LogP contribution < -0.4 is 14.8 Å². The predicted octanol–water partition coefficient (Wildman–Crippen LogP) is 3.00. The second kappa shape index (κ2) is 7.76. The Kier molecular flexibility index (Phi) is 7.55. The molecule has 0 spiro atoms. The molecule has 0 saturated heterocycles. The van der Waals surface area contributed by atoms with Crippen molar-refractivity contribution in [2.75, 3.05) is 20.8 Å². The molecule has 0 unspecified atom stereocenters. The normalized spacial score (nSPS) is 9.50. The van der Waals surface area contributed by atoms with E-state index in [0.29, 0.717) is 0 Å². The average Bonchev–Trinajstić information content (AvgIpc) is 2.25. The van der Waals surface area contributed by atoms with E-state index in [2.05, 4.69) is 28.2 Å². The molecule has 0 bridgehead atoms. The van der Waals surface area contributed by atoms with Crippen LogP contribution in [0.5, 0.6) is 11.5 Å². The zero-order valence-corrected chi connectivity index (χ0v) is 12.1. The van der Waals surface area contributed by atoms with Crippen LogP contribution in [0.4, 0.5) is 0 Å². The van der Waals surface area contributed by atoms with Gasteiger partial charge < -0.3 is 14.8 Å². The van der Waals surface area contributed by atoms with Gasteiger partial charge in [0, 0.05) is 16.6 Å². The summed E-state index contributed by atoms with van der Waals surface area (Å²) in [6.45, 7) is 3.77. The van der Waals surface area contributed by atoms with Crippen LogP contribution in [0.2, 0.25) is 0 Å². The van der Waals surface area contributed by atoms with Gasteiger partial charge in [-0.15, -0.1) is 12.4 Å². The molecule has 0 aromatic heterocycles. The van der Waals surface area contributed by atoms with Gasteiger partial charge in [0.15, 0.2) is 11.5 Å². The molecule has 5 heteroatoms. The zero-order valence-electron chi connectivity index (χ0n) is 9.67. The summed E-state index contributed by atoms with van der Waals surface area (Å²) in [6, 6.07) is 3.93. The van der Waals surface area contributed by atoms with Gasteiger partial charge >= 0.3 is 0 Å². The highest BCUT2D eigenvalue weighted by atomic mass is 79.9. The molecule has 0 fully saturated rings. The largest absolute Gasteiger partial charge is 0.493 e. The molecule has 0 heterocycles. The summed E-state index contributed by atoms with van der Waals surface area (Å²) >= 11 is 3.45. The lowest BCUT2D eigenvalue weighted by Crippen LogP contribution is -2.12. The third kappa shape index (κ3) is 3.85. The maximum Gasteiger partial charge on any atom is 0.165 e. The van der Waals surface area contributed by atoms with Crippen LogP contribution >= 0.6 is 28.3 Å². The summed E-state index contributed by atoms with van der Waals surface area (Å²) in [4.78, 5) is 0. The van der Waals surface area contributed by atoms with Gasteiger partial charge in [0.05, 0.1) is 14.2 Å². The van der Waals surface area contributed by atoms with Crippen molar-refractivity contribution in [3.05, 3.63) is 22.2 Å². The molecule has 1 aromatic rings. The molecule has 0 radical (unpaired) electrons. The van der Waals surface area contributed by atoms with E-state index < -0.39 is 0 Å². The Balaban J connectivity index is 0.00000225. The van der Waals surface area contributed by atoms with Crippen LogP contribution in [-0.2, 0) is 6.54 Å². The lowest BCUT2D eigenvalue weighted by Gasteiger charge is -2.13. The molecule has 0 aliphatic heterocycles. The SMILES string of the molecule is CCNCc1cc(Br)cc(OC)c1OC.Cl. The third-order valence-electron chi connectivity index (χ3n) is 2.09. The fourth-order valence-electron chi connectivity index (χ4n) is 1.40. The molecule has 1 rings (SSSR count). The van der Waals surface area contributed by atoms with Gasteiger partial charge in [-0.3, -0.25) is 0 Å². The Bertz CT molecular complexity index is 334. The van der Waals surface area contributed by atoms with Crippen molar-refractivity contribution in [3.63, 3.8) is 0 Å². The number of ether oxygens (including phenoxy) is 2. The molecule has 0 amide bonds. The van der Waals surface area contributed by atoms with E-state index in [-0.39, 0.29) is 12.4 Å². The zero-order chi connectivity index (χ0) is 11.3. The standard InChI is InChI=1S/C11H16BrNO2.ClH/c1-4-13-7-8-5-9(12)6-10(14-2)11(8)15-3;/h5-6,13H,4,7H2,1-3H3;1H. The van der Waals surface area contributed by atoms with Gasteiger partial charge in [0.1, 0.15) is 0 Å². The molecular weight excluding hydrogens is 293 g/mol. The number of hydrogen-bond acceptors (Lipinski definition) is 3. The molecule has 0 atom stereocenters. The highest BCUT2D eigenvalue weighted by molar-refractivity contribution is 9.10. The number of methoxy groups -OCH3 is 2. The first kappa shape index (κ1) is 15.6. The molecule has 16 heavy (non-hydrogen) atoms. The van der Waals surface area contributed by atoms with Crippen molar-refractivity contribution >= 4 is 28.3 Å². The van der Waals surface area contributed by atoms with Crippen molar-refractivity contribution < 1.29 is 9.47 Å². The van der Waals surface area contributed by atoms with Crippen molar-refractivity contribution in [2.45, 2.75) is 13.5 Å². The monoisotopic (exact) mass is 309 g/mol. The van der Waals surface area contributed by atoms with E-state index in [0.717, 1.165) is 34.6 Å². The molecule has 92 valence electrons. The summed E-state index contributed by atoms with van der Waals surface area (Å²) in [6.07, 6.45) is 0. The minimum Gasteiger partial charge on any atom is -0.493 e. The predicted molar refractivity (Wildman–Crippen MR) is 71.9 cm³/mol. The fraction of sp³-hybridized carbons (Fsp3) is 0.455. The van der Waals surface area contributed by atoms with E-state index in [1.54, 1.807) is 14.2 Å². The fourth-order valence-corrected chi connectivity index (χ4v) is 1.88. The number of halogens is 2. The van der Waals surface area contributed by atoms with Crippen LogP contribution in [0.15, 0.2) is 16.6 Å². The van der Waals surface area contributed by atoms with E-state index in [4.69, 9.17) is 9.47 Å². The second-order valence-electron chi connectivity index (χ2n) is 3.08. The van der Waals surface area contributed by atoms with E-state index in [1.807, 2.05) is 12.1 Å². The van der Waals surface area contributed by atoms with Crippen molar-refractivity contribution in [3.8, 4) is 11.5 Å². The van der Waals surface area contributed by atoms with Gasteiger partial charge in [0.25, 0.3) is 0 Å². The maximum absolute atomic E-state index is 5.33. The molecule has 0 saturated carbocycles. The topological polar surface area (TPSA) is 30.5 Å². The molecule has 1 aromatic carbocycles. The van der Waals surface area contributed by atoms with Crippen LogP contribution in [0.25, 0.3) is 0 Å². The van der Waals surface area contributed by atoms with E-state index in [1.165, 1.54) is 0 Å². The molecule has 0 aliphatic carbocycles. The smallest absolute Gasteiger partial charge is 0.165 e. The van der Waals surface area contributed by atoms with Gasteiger partial charge in [0.2, 0.25) is 0 Å². The summed E-state index contributed by atoms with van der Waals surface area (Å²) < 4.78 is 11.6. The van der Waals surface area contributed by atoms with Gasteiger partial charge in [-0.2, -0.15) is 0 Å². The summed E-state index contributed by atoms with van der Waals surface area (Å²) in [5, 5.41) is 3.26. The Hall–Kier alpha value is -0.450. The van der Waals surface area contributed by atoms with Crippen LogP contribution in [0.3, 0.4) is 0 Å². The average molecular weight is 311 g/mol. The number of benzene rings is 1. The molecule has 0 aliphatic rings. The maximum atomic E-state index is 5.33. The number of hydrogen-bond donors (Lipinski definition) is 1. The third-order valence-corrected chi connectivity index (χ3v) is 2.54. The van der Waals surface area contributed by atoms with Crippen LogP contribution in [0, 0.1) is 0 Å². The van der Waals surface area contributed by atoms with Crippen molar-refractivity contribution in [2.24, 2.45) is 0 Å². The van der Waals surface area contributed by atoms with E-state index in [9.17, 15) is 0 Å². The van der Waals surface area contributed by atoms with Crippen molar-refractivity contribution in [1.82, 2.24) is 5.32 Å². The molecular formula is C11H17BrClNO2. The van der Waals surface area contributed by atoms with Crippen molar-refractivity contribution in [1.29, 1.82) is 0 Å². The molecule has 3 nitrogen and oxygen atoms in total. The van der Waals surface area contributed by atoms with Crippen LogP contribution in [-0.4, -0.2) is 20.8 Å². The molecule has 1 N–H and O–H groups in total. The quantitative estimate of drug-likeness (QED) is 0.907. The number of rotatable bonds is 5. The van der Waals surface area contributed by atoms with Gasteiger partial charge in [-0.1, -0.05) is 22.9 Å². The Morgan fingerprint density at radius 3 is 2.44 bits per heavy atom. The Morgan fingerprint density at radius 1 is 1.25 bits per heavy atom. The Morgan fingerprint density at radius 2 is 1.94 bits per heavy atom. The van der Waals surface area contributed by atoms with Crippen LogP contribution in [0.1, 0.15) is 12.5 Å². The Labute approximate surface area is 111 Å². The lowest BCUT2D eigenvalue weighted by molar-refractivity contribution is 0.350. The van der Waals surface area contributed by atoms with Gasteiger partial charge in [-0.05, 0) is 18.7 Å². The van der Waals surface area contributed by atoms with Gasteiger partial charge in [-0.25, -0.2) is 0 Å². The summed E-state index contributed by atoms with van der Waals surface area (Å²) in [5.41, 5.74) is 1.09. The summed E-state index contributed by atoms with van der Waals surface area (Å²) in [7, 11) is 3.29. The first-order chi connectivity index (χ1) is 7.22. The van der Waals surface area contributed by atoms with E-state index >= 15 is 0 Å². The lowest BCUT2D eigenvalue weighted by atomic mass is 10.2. The minimum absolute atomic E-state index is 0. The second-order valence-corrected chi connectivity index (χ2v) is 4.00. The first-order valence-electron chi connectivity index (χ1n) is 4.84. The minimum atomic E-state index is 0. The number of nitrogens with one attached hydrogen (secondary N) is 1. The highest BCUT2D eigenvalue weighted by Gasteiger charge is 2.10.